The molecule has 0 saturated carbocycles. The maximum absolute atomic E-state index is 10.4. The second-order valence-corrected chi connectivity index (χ2v) is 3.12. The minimum atomic E-state index is -0.441. The lowest BCUT2D eigenvalue weighted by Crippen LogP contribution is -1.87. The van der Waals surface area contributed by atoms with Crippen molar-refractivity contribution in [2.24, 2.45) is 7.05 Å². The summed E-state index contributed by atoms with van der Waals surface area (Å²) >= 11 is 0. The summed E-state index contributed by atoms with van der Waals surface area (Å²) in [6.07, 6.45) is 3.52. The first-order valence-corrected chi connectivity index (χ1v) is 4.32. The van der Waals surface area contributed by atoms with Gasteiger partial charge in [-0.3, -0.25) is 14.8 Å². The van der Waals surface area contributed by atoms with E-state index in [1.165, 1.54) is 12.1 Å². The normalized spacial score (nSPS) is 9.56. The number of nitro benzene ring substituents is 1. The Hall–Kier alpha value is -1.69. The molecule has 1 aromatic heterocycles. The minimum Gasteiger partial charge on any atom is -0.275 e. The van der Waals surface area contributed by atoms with E-state index in [1.54, 1.807) is 16.9 Å². The molecule has 1 radical (unpaired) electrons. The number of aromatic nitrogens is 2. The number of aryl methyl sites for hydroxylation is 1. The Balaban J connectivity index is 0.00000128. The summed E-state index contributed by atoms with van der Waals surface area (Å²) in [7, 11) is 1.81. The molecule has 0 aliphatic heterocycles. The van der Waals surface area contributed by atoms with Gasteiger partial charge in [0.25, 0.3) is 5.69 Å². The van der Waals surface area contributed by atoms with Crippen LogP contribution in [0.4, 0.5) is 5.69 Å². The van der Waals surface area contributed by atoms with Gasteiger partial charge in [0.15, 0.2) is 0 Å². The summed E-state index contributed by atoms with van der Waals surface area (Å²) in [5.74, 6) is 0. The lowest BCUT2D eigenvalue weighted by atomic mass is 10.1. The lowest BCUT2D eigenvalue weighted by Gasteiger charge is -1.95. The van der Waals surface area contributed by atoms with Crippen molar-refractivity contribution in [2.75, 3.05) is 0 Å². The summed E-state index contributed by atoms with van der Waals surface area (Å²) in [5, 5.41) is 14.4. The molecule has 1 aromatic carbocycles. The van der Waals surface area contributed by atoms with Gasteiger partial charge in [-0.05, 0) is 17.7 Å². The first kappa shape index (κ1) is 12.4. The van der Waals surface area contributed by atoms with Crippen molar-refractivity contribution in [3.63, 3.8) is 0 Å². The van der Waals surface area contributed by atoms with Crippen molar-refractivity contribution in [3.8, 4) is 11.1 Å². The Kier molecular flexibility index (Phi) is 3.78. The molecular formula is C10H9BrN3O2. The molecule has 83 valence electrons. The predicted molar refractivity (Wildman–Crippen MR) is 64.5 cm³/mol. The third kappa shape index (κ3) is 2.46. The second kappa shape index (κ2) is 4.89. The number of hydrogen-bond acceptors (Lipinski definition) is 3. The summed E-state index contributed by atoms with van der Waals surface area (Å²) < 4.78 is 1.67. The van der Waals surface area contributed by atoms with Crippen molar-refractivity contribution in [3.05, 3.63) is 46.8 Å². The molecule has 0 aliphatic carbocycles. The Morgan fingerprint density at radius 3 is 2.69 bits per heavy atom. The van der Waals surface area contributed by atoms with Crippen LogP contribution in [0.2, 0.25) is 0 Å². The van der Waals surface area contributed by atoms with E-state index >= 15 is 0 Å². The van der Waals surface area contributed by atoms with Crippen LogP contribution >= 0.6 is 17.0 Å². The molecule has 0 atom stereocenters. The molecule has 0 fully saturated rings. The smallest absolute Gasteiger partial charge is 0.270 e. The topological polar surface area (TPSA) is 61.0 Å². The van der Waals surface area contributed by atoms with Crippen molar-refractivity contribution >= 4 is 22.7 Å². The van der Waals surface area contributed by atoms with E-state index in [0.717, 1.165) is 11.1 Å². The third-order valence-corrected chi connectivity index (χ3v) is 2.02. The fraction of sp³-hybridized carbons (Fsp3) is 0.100. The average molecular weight is 283 g/mol. The first-order valence-electron chi connectivity index (χ1n) is 4.32. The van der Waals surface area contributed by atoms with Crippen LogP contribution in [0.15, 0.2) is 30.6 Å². The number of benzene rings is 1. The Morgan fingerprint density at radius 2 is 2.25 bits per heavy atom. The van der Waals surface area contributed by atoms with E-state index in [9.17, 15) is 10.1 Å². The molecule has 2 rings (SSSR count). The molecule has 0 bridgehead atoms. The highest BCUT2D eigenvalue weighted by Gasteiger charge is 2.06. The molecule has 0 aliphatic rings. The van der Waals surface area contributed by atoms with Crippen LogP contribution in [0.5, 0.6) is 0 Å². The number of hydrogen-bond donors (Lipinski definition) is 0. The lowest BCUT2D eigenvalue weighted by molar-refractivity contribution is -0.384. The van der Waals surface area contributed by atoms with Gasteiger partial charge in [0.1, 0.15) is 0 Å². The highest BCUT2D eigenvalue weighted by atomic mass is 79.9. The van der Waals surface area contributed by atoms with E-state index in [0.29, 0.717) is 0 Å². The van der Waals surface area contributed by atoms with Gasteiger partial charge in [-0.2, -0.15) is 5.10 Å². The molecule has 2 aromatic rings. The van der Waals surface area contributed by atoms with Crippen molar-refractivity contribution in [1.82, 2.24) is 9.78 Å². The van der Waals surface area contributed by atoms with Gasteiger partial charge in [-0.15, -0.1) is 17.0 Å². The van der Waals surface area contributed by atoms with Crippen molar-refractivity contribution in [2.45, 2.75) is 0 Å². The summed E-state index contributed by atoms with van der Waals surface area (Å²) in [4.78, 5) is 9.98. The minimum absolute atomic E-state index is 0. The number of nitro groups is 1. The van der Waals surface area contributed by atoms with Crippen LogP contribution in [0, 0.1) is 16.2 Å². The average Bonchev–Trinajstić information content (AvgIpc) is 2.65. The molecule has 0 amide bonds. The van der Waals surface area contributed by atoms with Gasteiger partial charge in [-0.25, -0.2) is 0 Å². The summed E-state index contributed by atoms with van der Waals surface area (Å²) in [6, 6.07) is 7.34. The number of non-ortho nitro benzene ring substituents is 1. The van der Waals surface area contributed by atoms with Crippen molar-refractivity contribution in [1.29, 1.82) is 0 Å². The largest absolute Gasteiger partial charge is 0.275 e. The zero-order valence-electron chi connectivity index (χ0n) is 8.45. The fourth-order valence-corrected chi connectivity index (χ4v) is 1.27. The number of rotatable bonds is 2. The highest BCUT2D eigenvalue weighted by Crippen LogP contribution is 2.20. The van der Waals surface area contributed by atoms with E-state index in [1.807, 2.05) is 13.2 Å². The molecule has 16 heavy (non-hydrogen) atoms. The van der Waals surface area contributed by atoms with Crippen LogP contribution in [-0.4, -0.2) is 14.7 Å². The van der Waals surface area contributed by atoms with Crippen LogP contribution in [-0.2, 0) is 7.05 Å². The van der Waals surface area contributed by atoms with Gasteiger partial charge in [0.05, 0.1) is 11.1 Å². The standard InChI is InChI=1S/C10H8N3O2.BrH/c1-12-7-9(6-11-12)8-2-4-10(5-3-8)13(14)15;/h2,4-7H,1H3;1H. The van der Waals surface area contributed by atoms with Crippen molar-refractivity contribution < 1.29 is 4.92 Å². The number of halogens is 1. The monoisotopic (exact) mass is 282 g/mol. The molecular weight excluding hydrogens is 274 g/mol. The molecule has 0 spiro atoms. The van der Waals surface area contributed by atoms with Gasteiger partial charge in [0, 0.05) is 30.9 Å². The van der Waals surface area contributed by atoms with E-state index < -0.39 is 4.92 Å². The first-order chi connectivity index (χ1) is 7.16. The SMILES string of the molecule is Br.Cn1cc(-c2[c]cc([N+](=O)[O-])cc2)cn1. The highest BCUT2D eigenvalue weighted by molar-refractivity contribution is 8.93. The van der Waals surface area contributed by atoms with Crippen LogP contribution in [0.1, 0.15) is 0 Å². The molecule has 5 nitrogen and oxygen atoms in total. The number of nitrogens with zero attached hydrogens (tertiary/aromatic N) is 3. The Morgan fingerprint density at radius 1 is 1.50 bits per heavy atom. The Labute approximate surface area is 103 Å². The van der Waals surface area contributed by atoms with Gasteiger partial charge >= 0.3 is 0 Å². The maximum atomic E-state index is 10.4. The van der Waals surface area contributed by atoms with Gasteiger partial charge in [-0.1, -0.05) is 0 Å². The quantitative estimate of drug-likeness (QED) is 0.628. The van der Waals surface area contributed by atoms with Crippen LogP contribution in [0.25, 0.3) is 11.1 Å². The summed E-state index contributed by atoms with van der Waals surface area (Å²) in [5.41, 5.74) is 1.74. The molecule has 6 heteroatoms. The Bertz CT molecular complexity index is 493. The molecule has 0 N–H and O–H groups in total. The van der Waals surface area contributed by atoms with Gasteiger partial charge < -0.3 is 0 Å². The third-order valence-electron chi connectivity index (χ3n) is 2.02. The van der Waals surface area contributed by atoms with E-state index in [2.05, 4.69) is 11.2 Å². The van der Waals surface area contributed by atoms with Crippen LogP contribution in [0.3, 0.4) is 0 Å². The van der Waals surface area contributed by atoms with E-state index in [-0.39, 0.29) is 22.7 Å². The maximum Gasteiger partial charge on any atom is 0.270 e. The van der Waals surface area contributed by atoms with Gasteiger partial charge in [0.2, 0.25) is 0 Å². The predicted octanol–water partition coefficient (Wildman–Crippen LogP) is 2.37. The zero-order chi connectivity index (χ0) is 10.8. The fourth-order valence-electron chi connectivity index (χ4n) is 1.27. The van der Waals surface area contributed by atoms with Crippen LogP contribution < -0.4 is 0 Å². The molecule has 0 unspecified atom stereocenters. The summed E-state index contributed by atoms with van der Waals surface area (Å²) in [6.45, 7) is 0. The molecule has 1 heterocycles. The van der Waals surface area contributed by atoms with E-state index in [4.69, 9.17) is 0 Å². The second-order valence-electron chi connectivity index (χ2n) is 3.12. The zero-order valence-corrected chi connectivity index (χ0v) is 10.2. The molecule has 0 saturated heterocycles.